The van der Waals surface area contributed by atoms with E-state index >= 15 is 0 Å². The van der Waals surface area contributed by atoms with Crippen molar-refractivity contribution >= 4 is 5.97 Å². The number of esters is 1. The average Bonchev–Trinajstić information content (AvgIpc) is 1.96. The van der Waals surface area contributed by atoms with Gasteiger partial charge in [0.15, 0.2) is 0 Å². The van der Waals surface area contributed by atoms with Crippen molar-refractivity contribution in [2.45, 2.75) is 52.7 Å². The van der Waals surface area contributed by atoms with Crippen molar-refractivity contribution in [3.8, 4) is 0 Å². The molecule has 1 N–H and O–H groups in total. The van der Waals surface area contributed by atoms with Crippen LogP contribution in [-0.2, 0) is 9.53 Å². The molecule has 0 unspecified atom stereocenters. The number of carbonyl (C=O) groups excluding carboxylic acids is 1. The highest BCUT2D eigenvalue weighted by atomic mass is 16.5. The lowest BCUT2D eigenvalue weighted by atomic mass is 10.3. The lowest BCUT2D eigenvalue weighted by Gasteiger charge is -2.09. The van der Waals surface area contributed by atoms with Crippen molar-refractivity contribution < 1.29 is 9.53 Å². The smallest absolute Gasteiger partial charge is 0.306 e. The first-order chi connectivity index (χ1) is 6.02. The Balaban J connectivity index is 3.27. The second-order valence-corrected chi connectivity index (χ2v) is 3.75. The van der Waals surface area contributed by atoms with Gasteiger partial charge >= 0.3 is 5.97 Å². The lowest BCUT2D eigenvalue weighted by Crippen LogP contribution is -2.24. The van der Waals surface area contributed by atoms with Crippen molar-refractivity contribution in [3.63, 3.8) is 0 Å². The summed E-state index contributed by atoms with van der Waals surface area (Å²) < 4.78 is 4.99. The molecule has 0 aromatic carbocycles. The van der Waals surface area contributed by atoms with Crippen LogP contribution < -0.4 is 5.32 Å². The van der Waals surface area contributed by atoms with Crippen LogP contribution >= 0.6 is 0 Å². The van der Waals surface area contributed by atoms with Crippen LogP contribution in [0.25, 0.3) is 0 Å². The van der Waals surface area contributed by atoms with Crippen LogP contribution in [0.15, 0.2) is 0 Å². The zero-order valence-corrected chi connectivity index (χ0v) is 9.09. The Hall–Kier alpha value is -0.570. The summed E-state index contributed by atoms with van der Waals surface area (Å²) in [5, 5.41) is 3.25. The van der Waals surface area contributed by atoms with Crippen LogP contribution in [0.4, 0.5) is 0 Å². The summed E-state index contributed by atoms with van der Waals surface area (Å²) in [6.07, 6.45) is 1.37. The van der Waals surface area contributed by atoms with Gasteiger partial charge in [0.05, 0.1) is 6.10 Å². The van der Waals surface area contributed by atoms with Gasteiger partial charge in [0.2, 0.25) is 0 Å². The molecule has 3 heteroatoms. The maximum absolute atomic E-state index is 11.0. The van der Waals surface area contributed by atoms with Crippen LogP contribution in [0.3, 0.4) is 0 Å². The van der Waals surface area contributed by atoms with Gasteiger partial charge in [-0.3, -0.25) is 4.79 Å². The molecule has 0 saturated carbocycles. The van der Waals surface area contributed by atoms with Crippen molar-refractivity contribution in [2.24, 2.45) is 0 Å². The van der Waals surface area contributed by atoms with Crippen molar-refractivity contribution in [1.82, 2.24) is 5.32 Å². The maximum atomic E-state index is 11.0. The Morgan fingerprint density at radius 3 is 2.38 bits per heavy atom. The number of ether oxygens (including phenoxy) is 1. The molecular formula is C10H21NO2. The third-order valence-electron chi connectivity index (χ3n) is 1.48. The molecular weight excluding hydrogens is 166 g/mol. The molecule has 0 aromatic heterocycles. The summed E-state index contributed by atoms with van der Waals surface area (Å²) in [7, 11) is 0. The molecule has 13 heavy (non-hydrogen) atoms. The van der Waals surface area contributed by atoms with E-state index in [9.17, 15) is 4.79 Å². The SMILES string of the molecule is CC(C)NCCCC(=O)OC(C)C. The van der Waals surface area contributed by atoms with Gasteiger partial charge in [-0.15, -0.1) is 0 Å². The topological polar surface area (TPSA) is 38.3 Å². The first-order valence-corrected chi connectivity index (χ1v) is 4.95. The molecule has 0 spiro atoms. The highest BCUT2D eigenvalue weighted by Crippen LogP contribution is 1.96. The third kappa shape index (κ3) is 9.34. The molecule has 0 aliphatic heterocycles. The van der Waals surface area contributed by atoms with Crippen molar-refractivity contribution in [1.29, 1.82) is 0 Å². The highest BCUT2D eigenvalue weighted by Gasteiger charge is 2.04. The van der Waals surface area contributed by atoms with E-state index in [4.69, 9.17) is 4.74 Å². The highest BCUT2D eigenvalue weighted by molar-refractivity contribution is 5.69. The second kappa shape index (κ2) is 6.89. The summed E-state index contributed by atoms with van der Waals surface area (Å²) in [5.41, 5.74) is 0. The fraction of sp³-hybridized carbons (Fsp3) is 0.900. The maximum Gasteiger partial charge on any atom is 0.306 e. The zero-order chi connectivity index (χ0) is 10.3. The monoisotopic (exact) mass is 187 g/mol. The molecule has 78 valence electrons. The fourth-order valence-electron chi connectivity index (χ4n) is 0.945. The second-order valence-electron chi connectivity index (χ2n) is 3.75. The Morgan fingerprint density at radius 1 is 1.31 bits per heavy atom. The molecule has 0 saturated heterocycles. The summed E-state index contributed by atoms with van der Waals surface area (Å²) in [5.74, 6) is -0.0967. The van der Waals surface area contributed by atoms with Crippen molar-refractivity contribution in [2.75, 3.05) is 6.54 Å². The zero-order valence-electron chi connectivity index (χ0n) is 9.09. The normalized spacial score (nSPS) is 10.9. The van der Waals surface area contributed by atoms with Gasteiger partial charge in [0.1, 0.15) is 0 Å². The van der Waals surface area contributed by atoms with Gasteiger partial charge in [0.25, 0.3) is 0 Å². The molecule has 3 nitrogen and oxygen atoms in total. The minimum absolute atomic E-state index is 0.00515. The van der Waals surface area contributed by atoms with Crippen LogP contribution in [-0.4, -0.2) is 24.7 Å². The third-order valence-corrected chi connectivity index (χ3v) is 1.48. The van der Waals surface area contributed by atoms with Crippen molar-refractivity contribution in [3.05, 3.63) is 0 Å². The summed E-state index contributed by atoms with van der Waals surface area (Å²) in [6.45, 7) is 8.79. The molecule has 0 bridgehead atoms. The first-order valence-electron chi connectivity index (χ1n) is 4.95. The van der Waals surface area contributed by atoms with Crippen LogP contribution in [0.5, 0.6) is 0 Å². The quantitative estimate of drug-likeness (QED) is 0.508. The molecule has 0 aromatic rings. The molecule has 0 atom stereocenters. The Bertz CT molecular complexity index is 144. The summed E-state index contributed by atoms with van der Waals surface area (Å²) in [6, 6.07) is 0.487. The number of hydrogen-bond acceptors (Lipinski definition) is 3. The van der Waals surface area contributed by atoms with Crippen LogP contribution in [0.1, 0.15) is 40.5 Å². The van der Waals surface area contributed by atoms with E-state index in [2.05, 4.69) is 19.2 Å². The van der Waals surface area contributed by atoms with Gasteiger partial charge in [-0.2, -0.15) is 0 Å². The van der Waals surface area contributed by atoms with E-state index in [1.165, 1.54) is 0 Å². The number of hydrogen-bond donors (Lipinski definition) is 1. The molecule has 0 rings (SSSR count). The van der Waals surface area contributed by atoms with Gasteiger partial charge in [-0.05, 0) is 26.8 Å². The molecule has 0 amide bonds. The number of nitrogens with one attached hydrogen (secondary N) is 1. The van der Waals surface area contributed by atoms with E-state index in [1.54, 1.807) is 0 Å². The van der Waals surface area contributed by atoms with Gasteiger partial charge in [0, 0.05) is 12.5 Å². The molecule has 0 heterocycles. The van der Waals surface area contributed by atoms with E-state index in [1.807, 2.05) is 13.8 Å². The minimum Gasteiger partial charge on any atom is -0.463 e. The molecule has 0 fully saturated rings. The van der Waals surface area contributed by atoms with Gasteiger partial charge in [-0.25, -0.2) is 0 Å². The van der Waals surface area contributed by atoms with E-state index in [0.29, 0.717) is 12.5 Å². The average molecular weight is 187 g/mol. The summed E-state index contributed by atoms with van der Waals surface area (Å²) >= 11 is 0. The Kier molecular flexibility index (Phi) is 6.59. The predicted octanol–water partition coefficient (Wildman–Crippen LogP) is 1.72. The van der Waals surface area contributed by atoms with E-state index in [0.717, 1.165) is 13.0 Å². The standard InChI is InChI=1S/C10H21NO2/c1-8(2)11-7-5-6-10(12)13-9(3)4/h8-9,11H,5-7H2,1-4H3. The predicted molar refractivity (Wildman–Crippen MR) is 53.6 cm³/mol. The van der Waals surface area contributed by atoms with Gasteiger partial charge in [-0.1, -0.05) is 13.8 Å². The van der Waals surface area contributed by atoms with Crippen LogP contribution in [0, 0.1) is 0 Å². The van der Waals surface area contributed by atoms with E-state index < -0.39 is 0 Å². The first kappa shape index (κ1) is 12.4. The number of carbonyl (C=O) groups is 1. The molecule has 0 aliphatic carbocycles. The number of rotatable bonds is 6. The summed E-state index contributed by atoms with van der Waals surface area (Å²) in [4.78, 5) is 11.0. The molecule has 0 radical (unpaired) electrons. The Morgan fingerprint density at radius 2 is 1.92 bits per heavy atom. The lowest BCUT2D eigenvalue weighted by molar-refractivity contribution is -0.147. The fourth-order valence-corrected chi connectivity index (χ4v) is 0.945. The van der Waals surface area contributed by atoms with Gasteiger partial charge < -0.3 is 10.1 Å². The largest absolute Gasteiger partial charge is 0.463 e. The minimum atomic E-state index is -0.0967. The van der Waals surface area contributed by atoms with Crippen LogP contribution in [0.2, 0.25) is 0 Å². The molecule has 0 aliphatic rings. The van der Waals surface area contributed by atoms with E-state index in [-0.39, 0.29) is 12.1 Å². The Labute approximate surface area is 80.8 Å².